The van der Waals surface area contributed by atoms with Gasteiger partial charge in [0.1, 0.15) is 5.82 Å². The molecule has 1 aromatic carbocycles. The Bertz CT molecular complexity index is 336. The number of benzene rings is 1. The van der Waals surface area contributed by atoms with Crippen LogP contribution in [0, 0.1) is 18.7 Å². The average Bonchev–Trinajstić information content (AvgIpc) is 2.33. The highest BCUT2D eigenvalue weighted by molar-refractivity contribution is 6.54. The lowest BCUT2D eigenvalue weighted by Crippen LogP contribution is -2.20. The Morgan fingerprint density at radius 2 is 2.06 bits per heavy atom. The van der Waals surface area contributed by atoms with Crippen LogP contribution >= 0.6 is 0 Å². The third-order valence-electron chi connectivity index (χ3n) is 3.46. The van der Waals surface area contributed by atoms with E-state index in [1.54, 1.807) is 6.07 Å². The molecule has 0 nitrogen and oxygen atoms in total. The van der Waals surface area contributed by atoms with Gasteiger partial charge in [-0.05, 0) is 25.0 Å². The summed E-state index contributed by atoms with van der Waals surface area (Å²) >= 11 is 0. The highest BCUT2D eigenvalue weighted by Crippen LogP contribution is 2.16. The zero-order chi connectivity index (χ0) is 12.7. The molecule has 0 aliphatic carbocycles. The molecule has 0 aliphatic rings. The lowest BCUT2D eigenvalue weighted by atomic mass is 9.61. The summed E-state index contributed by atoms with van der Waals surface area (Å²) < 4.78 is 13.1. The van der Waals surface area contributed by atoms with Crippen LogP contribution in [0.25, 0.3) is 0 Å². The summed E-state index contributed by atoms with van der Waals surface area (Å²) in [4.78, 5) is 0. The maximum atomic E-state index is 13.1. The van der Waals surface area contributed by atoms with Gasteiger partial charge in [0.15, 0.2) is 7.28 Å². The van der Waals surface area contributed by atoms with E-state index in [0.29, 0.717) is 0 Å². The topological polar surface area (TPSA) is 0 Å². The Morgan fingerprint density at radius 1 is 1.29 bits per heavy atom. The van der Waals surface area contributed by atoms with Gasteiger partial charge in [0.2, 0.25) is 0 Å². The predicted octanol–water partition coefficient (Wildman–Crippen LogP) is 4.10. The maximum Gasteiger partial charge on any atom is 0.152 e. The first-order chi connectivity index (χ1) is 8.17. The van der Waals surface area contributed by atoms with Gasteiger partial charge in [-0.3, -0.25) is 0 Å². The largest absolute Gasteiger partial charge is 0.207 e. The molecule has 17 heavy (non-hydrogen) atoms. The van der Waals surface area contributed by atoms with Gasteiger partial charge in [-0.1, -0.05) is 62.9 Å². The van der Waals surface area contributed by atoms with Crippen molar-refractivity contribution in [3.8, 4) is 0 Å². The van der Waals surface area contributed by atoms with E-state index in [0.717, 1.165) is 23.3 Å². The zero-order valence-corrected chi connectivity index (χ0v) is 11.3. The van der Waals surface area contributed by atoms with Gasteiger partial charge >= 0.3 is 0 Å². The van der Waals surface area contributed by atoms with E-state index in [1.165, 1.54) is 31.7 Å². The van der Waals surface area contributed by atoms with Crippen molar-refractivity contribution < 1.29 is 4.39 Å². The molecule has 1 radical (unpaired) electrons. The predicted molar refractivity (Wildman–Crippen MR) is 74.6 cm³/mol. The first-order valence-corrected chi connectivity index (χ1v) is 6.76. The molecule has 0 saturated heterocycles. The van der Waals surface area contributed by atoms with E-state index in [1.807, 2.05) is 13.0 Å². The van der Waals surface area contributed by atoms with Crippen LogP contribution in [0.4, 0.5) is 4.39 Å². The van der Waals surface area contributed by atoms with Gasteiger partial charge in [-0.15, -0.1) is 0 Å². The van der Waals surface area contributed by atoms with Crippen molar-refractivity contribution >= 4 is 12.7 Å². The Morgan fingerprint density at radius 3 is 2.71 bits per heavy atom. The van der Waals surface area contributed by atoms with Crippen molar-refractivity contribution in [3.63, 3.8) is 0 Å². The lowest BCUT2D eigenvalue weighted by molar-refractivity contribution is 0.491. The second-order valence-corrected chi connectivity index (χ2v) is 4.86. The van der Waals surface area contributed by atoms with E-state index in [-0.39, 0.29) is 5.82 Å². The Labute approximate surface area is 106 Å². The molecule has 0 fully saturated rings. The molecular formula is C15H23BF. The van der Waals surface area contributed by atoms with Crippen molar-refractivity contribution in [2.24, 2.45) is 5.92 Å². The third kappa shape index (κ3) is 4.93. The van der Waals surface area contributed by atoms with Crippen LogP contribution in [-0.4, -0.2) is 7.28 Å². The van der Waals surface area contributed by atoms with Crippen LogP contribution in [0.2, 0.25) is 6.32 Å². The van der Waals surface area contributed by atoms with Crippen LogP contribution in [0.1, 0.15) is 45.1 Å². The molecule has 0 aromatic heterocycles. The van der Waals surface area contributed by atoms with Crippen LogP contribution in [0.3, 0.4) is 0 Å². The fourth-order valence-electron chi connectivity index (χ4n) is 2.11. The van der Waals surface area contributed by atoms with Crippen molar-refractivity contribution in [1.82, 2.24) is 0 Å². The van der Waals surface area contributed by atoms with Gasteiger partial charge < -0.3 is 0 Å². The fraction of sp³-hybridized carbons (Fsp3) is 0.600. The molecule has 0 heterocycles. The highest BCUT2D eigenvalue weighted by Gasteiger charge is 2.09. The van der Waals surface area contributed by atoms with Gasteiger partial charge in [-0.2, -0.15) is 0 Å². The Hall–Kier alpha value is -0.785. The molecule has 0 bridgehead atoms. The van der Waals surface area contributed by atoms with Crippen molar-refractivity contribution in [1.29, 1.82) is 0 Å². The summed E-state index contributed by atoms with van der Waals surface area (Å²) in [7, 11) is 2.20. The minimum atomic E-state index is -0.136. The van der Waals surface area contributed by atoms with Gasteiger partial charge in [0, 0.05) is 0 Å². The normalized spacial score (nSPS) is 12.5. The molecule has 93 valence electrons. The summed E-state index contributed by atoms with van der Waals surface area (Å²) in [5.74, 6) is 0.612. The minimum Gasteiger partial charge on any atom is -0.207 e. The van der Waals surface area contributed by atoms with Crippen LogP contribution < -0.4 is 5.46 Å². The second kappa shape index (κ2) is 7.52. The van der Waals surface area contributed by atoms with Crippen molar-refractivity contribution in [2.45, 2.75) is 52.8 Å². The molecule has 1 unspecified atom stereocenters. The van der Waals surface area contributed by atoms with Gasteiger partial charge in [0.05, 0.1) is 0 Å². The standard InChI is InChI=1S/C15H23BF/c1-4-6-7-13(5-2)11-16-15-10-14(17)9-8-12(15)3/h8-10,13H,4-7,11H2,1-3H3. The van der Waals surface area contributed by atoms with E-state index in [4.69, 9.17) is 0 Å². The minimum absolute atomic E-state index is 0.136. The van der Waals surface area contributed by atoms with E-state index in [9.17, 15) is 4.39 Å². The molecule has 0 amide bonds. The van der Waals surface area contributed by atoms with Crippen LogP contribution in [0.5, 0.6) is 0 Å². The van der Waals surface area contributed by atoms with Crippen LogP contribution in [-0.2, 0) is 0 Å². The van der Waals surface area contributed by atoms with Gasteiger partial charge in [0.25, 0.3) is 0 Å². The van der Waals surface area contributed by atoms with Crippen molar-refractivity contribution in [2.75, 3.05) is 0 Å². The number of aryl methyl sites for hydroxylation is 1. The number of rotatable bonds is 7. The van der Waals surface area contributed by atoms with E-state index < -0.39 is 0 Å². The fourth-order valence-corrected chi connectivity index (χ4v) is 2.11. The molecule has 0 saturated carbocycles. The highest BCUT2D eigenvalue weighted by atomic mass is 19.1. The molecule has 1 rings (SSSR count). The summed E-state index contributed by atoms with van der Waals surface area (Å²) in [5, 5.41) is 0. The number of unbranched alkanes of at least 4 members (excludes halogenated alkanes) is 1. The van der Waals surface area contributed by atoms with E-state index >= 15 is 0 Å². The summed E-state index contributed by atoms with van der Waals surface area (Å²) in [6, 6.07) is 5.02. The first kappa shape index (κ1) is 14.3. The van der Waals surface area contributed by atoms with Crippen molar-refractivity contribution in [3.05, 3.63) is 29.6 Å². The molecular weight excluding hydrogens is 210 g/mol. The third-order valence-corrected chi connectivity index (χ3v) is 3.46. The molecule has 1 aromatic rings. The molecule has 0 aliphatic heterocycles. The number of hydrogen-bond donors (Lipinski definition) is 0. The molecule has 0 spiro atoms. The lowest BCUT2D eigenvalue weighted by Gasteiger charge is -2.14. The quantitative estimate of drug-likeness (QED) is 0.622. The monoisotopic (exact) mass is 233 g/mol. The smallest absolute Gasteiger partial charge is 0.152 e. The molecule has 2 heteroatoms. The number of hydrogen-bond acceptors (Lipinski definition) is 0. The maximum absolute atomic E-state index is 13.1. The molecule has 1 atom stereocenters. The average molecular weight is 233 g/mol. The Balaban J connectivity index is 2.50. The summed E-state index contributed by atoms with van der Waals surface area (Å²) in [5.41, 5.74) is 2.22. The SMILES string of the molecule is CCCCC(CC)C[B]c1cc(F)ccc1C. The summed E-state index contributed by atoms with van der Waals surface area (Å²) in [6.45, 7) is 6.51. The number of halogens is 1. The van der Waals surface area contributed by atoms with Crippen LogP contribution in [0.15, 0.2) is 18.2 Å². The second-order valence-electron chi connectivity index (χ2n) is 4.86. The summed E-state index contributed by atoms with van der Waals surface area (Å²) in [6.07, 6.45) is 6.13. The Kier molecular flexibility index (Phi) is 6.32. The van der Waals surface area contributed by atoms with E-state index in [2.05, 4.69) is 21.1 Å². The molecule has 0 N–H and O–H groups in total. The first-order valence-electron chi connectivity index (χ1n) is 6.76. The van der Waals surface area contributed by atoms with Gasteiger partial charge in [-0.25, -0.2) is 4.39 Å². The zero-order valence-electron chi connectivity index (χ0n) is 11.3.